The minimum atomic E-state index is -0.605. The normalized spacial score (nSPS) is 10.5. The van der Waals surface area contributed by atoms with Gasteiger partial charge in [-0.3, -0.25) is 0 Å². The van der Waals surface area contributed by atoms with Gasteiger partial charge < -0.3 is 10.1 Å². The second-order valence-corrected chi connectivity index (χ2v) is 4.25. The quantitative estimate of drug-likeness (QED) is 0.887. The first-order valence-corrected chi connectivity index (χ1v) is 6.72. The van der Waals surface area contributed by atoms with Gasteiger partial charge in [-0.05, 0) is 31.5 Å². The van der Waals surface area contributed by atoms with Crippen molar-refractivity contribution in [2.75, 3.05) is 18.5 Å². The van der Waals surface area contributed by atoms with Gasteiger partial charge in [-0.15, -0.1) is 0 Å². The molecule has 0 saturated heterocycles. The summed E-state index contributed by atoms with van der Waals surface area (Å²) in [5.41, 5.74) is -0.0297. The zero-order chi connectivity index (χ0) is 15.2. The second-order valence-electron chi connectivity index (χ2n) is 4.25. The Labute approximate surface area is 121 Å². The van der Waals surface area contributed by atoms with E-state index in [1.165, 1.54) is 0 Å². The van der Waals surface area contributed by atoms with Crippen molar-refractivity contribution in [1.29, 1.82) is 0 Å². The third kappa shape index (κ3) is 3.84. The fourth-order valence-electron chi connectivity index (χ4n) is 1.66. The molecule has 0 fully saturated rings. The van der Waals surface area contributed by atoms with Gasteiger partial charge in [0.1, 0.15) is 11.6 Å². The largest absolute Gasteiger partial charge is 0.464 e. The molecule has 0 aliphatic rings. The van der Waals surface area contributed by atoms with Crippen molar-refractivity contribution in [1.82, 2.24) is 15.0 Å². The molecular formula is C14H16F2N4O. The Morgan fingerprint density at radius 2 is 1.95 bits per heavy atom. The number of ether oxygens (including phenoxy) is 1. The second kappa shape index (κ2) is 6.92. The summed E-state index contributed by atoms with van der Waals surface area (Å²) in [6.45, 7) is 4.79. The van der Waals surface area contributed by atoms with Crippen molar-refractivity contribution in [3.05, 3.63) is 29.8 Å². The first kappa shape index (κ1) is 15.1. The van der Waals surface area contributed by atoms with E-state index in [9.17, 15) is 8.78 Å². The molecule has 0 atom stereocenters. The highest BCUT2D eigenvalue weighted by Crippen LogP contribution is 2.22. The third-order valence-corrected chi connectivity index (χ3v) is 2.59. The summed E-state index contributed by atoms with van der Waals surface area (Å²) in [6, 6.07) is 3.20. The number of benzene rings is 1. The fourth-order valence-corrected chi connectivity index (χ4v) is 1.66. The highest BCUT2D eigenvalue weighted by molar-refractivity contribution is 5.57. The molecule has 21 heavy (non-hydrogen) atoms. The minimum Gasteiger partial charge on any atom is -0.464 e. The van der Waals surface area contributed by atoms with Gasteiger partial charge in [0.2, 0.25) is 5.95 Å². The summed E-state index contributed by atoms with van der Waals surface area (Å²) < 4.78 is 32.4. The van der Waals surface area contributed by atoms with Crippen LogP contribution in [0.1, 0.15) is 20.3 Å². The average Bonchev–Trinajstić information content (AvgIpc) is 2.48. The maximum absolute atomic E-state index is 13.8. The van der Waals surface area contributed by atoms with Gasteiger partial charge >= 0.3 is 6.01 Å². The predicted octanol–water partition coefficient (Wildman–Crippen LogP) is 3.04. The van der Waals surface area contributed by atoms with Gasteiger partial charge in [0.25, 0.3) is 0 Å². The van der Waals surface area contributed by atoms with E-state index in [4.69, 9.17) is 4.74 Å². The van der Waals surface area contributed by atoms with Crippen molar-refractivity contribution < 1.29 is 13.5 Å². The summed E-state index contributed by atoms with van der Waals surface area (Å²) >= 11 is 0. The molecule has 7 heteroatoms. The molecule has 0 spiro atoms. The van der Waals surface area contributed by atoms with E-state index in [1.807, 2.05) is 6.92 Å². The maximum Gasteiger partial charge on any atom is 0.321 e. The Bertz CT molecular complexity index is 622. The standard InChI is InChI=1S/C14H16F2N4O/c1-3-7-17-13-18-12(19-14(20-13)21-4-2)10-8-9(15)5-6-11(10)16/h5-6,8H,3-4,7H2,1-2H3,(H,17,18,19,20). The van der Waals surface area contributed by atoms with E-state index in [1.54, 1.807) is 6.92 Å². The van der Waals surface area contributed by atoms with Crippen LogP contribution in [0, 0.1) is 11.6 Å². The lowest BCUT2D eigenvalue weighted by Crippen LogP contribution is -2.09. The van der Waals surface area contributed by atoms with Gasteiger partial charge in [-0.2, -0.15) is 15.0 Å². The summed E-state index contributed by atoms with van der Waals surface area (Å²) in [6.07, 6.45) is 0.874. The molecule has 5 nitrogen and oxygen atoms in total. The van der Waals surface area contributed by atoms with Crippen LogP contribution in [0.25, 0.3) is 11.4 Å². The van der Waals surface area contributed by atoms with Crippen LogP contribution in [0.4, 0.5) is 14.7 Å². The summed E-state index contributed by atoms with van der Waals surface area (Å²) in [5.74, 6) is -0.864. The van der Waals surface area contributed by atoms with Crippen LogP contribution in [0.2, 0.25) is 0 Å². The molecule has 1 aromatic heterocycles. The number of anilines is 1. The minimum absolute atomic E-state index is 0.0297. The average molecular weight is 294 g/mol. The number of halogens is 2. The molecule has 0 aliphatic carbocycles. The monoisotopic (exact) mass is 294 g/mol. The number of hydrogen-bond donors (Lipinski definition) is 1. The Morgan fingerprint density at radius 1 is 1.14 bits per heavy atom. The topological polar surface area (TPSA) is 59.9 Å². The Hall–Kier alpha value is -2.31. The third-order valence-electron chi connectivity index (χ3n) is 2.59. The SMILES string of the molecule is CCCNc1nc(OCC)nc(-c2cc(F)ccc2F)n1. The van der Waals surface area contributed by atoms with Crippen molar-refractivity contribution in [2.45, 2.75) is 20.3 Å². The highest BCUT2D eigenvalue weighted by Gasteiger charge is 2.13. The van der Waals surface area contributed by atoms with Crippen molar-refractivity contribution >= 4 is 5.95 Å². The van der Waals surface area contributed by atoms with E-state index in [-0.39, 0.29) is 23.3 Å². The first-order chi connectivity index (χ1) is 10.1. The molecule has 0 radical (unpaired) electrons. The van der Waals surface area contributed by atoms with Gasteiger partial charge in [-0.25, -0.2) is 8.78 Å². The van der Waals surface area contributed by atoms with E-state index in [0.29, 0.717) is 13.2 Å². The summed E-state index contributed by atoms with van der Waals surface area (Å²) in [4.78, 5) is 12.2. The molecule has 0 aliphatic heterocycles. The van der Waals surface area contributed by atoms with Crippen LogP contribution < -0.4 is 10.1 Å². The Morgan fingerprint density at radius 3 is 2.67 bits per heavy atom. The molecule has 0 unspecified atom stereocenters. The number of rotatable bonds is 6. The predicted molar refractivity (Wildman–Crippen MR) is 75.1 cm³/mol. The molecular weight excluding hydrogens is 278 g/mol. The molecule has 0 bridgehead atoms. The Balaban J connectivity index is 2.45. The zero-order valence-electron chi connectivity index (χ0n) is 11.9. The fraction of sp³-hybridized carbons (Fsp3) is 0.357. The molecule has 0 saturated carbocycles. The number of nitrogens with zero attached hydrogens (tertiary/aromatic N) is 3. The summed E-state index contributed by atoms with van der Waals surface area (Å²) in [7, 11) is 0. The molecule has 1 heterocycles. The maximum atomic E-state index is 13.8. The number of nitrogens with one attached hydrogen (secondary N) is 1. The van der Waals surface area contributed by atoms with Crippen LogP contribution >= 0.6 is 0 Å². The molecule has 112 valence electrons. The van der Waals surface area contributed by atoms with Crippen LogP contribution in [0.3, 0.4) is 0 Å². The van der Waals surface area contributed by atoms with Crippen molar-refractivity contribution in [3.8, 4) is 17.4 Å². The van der Waals surface area contributed by atoms with E-state index < -0.39 is 11.6 Å². The van der Waals surface area contributed by atoms with Crippen LogP contribution in [-0.4, -0.2) is 28.1 Å². The zero-order valence-corrected chi connectivity index (χ0v) is 11.9. The van der Waals surface area contributed by atoms with Crippen LogP contribution in [-0.2, 0) is 0 Å². The van der Waals surface area contributed by atoms with E-state index in [0.717, 1.165) is 24.6 Å². The van der Waals surface area contributed by atoms with E-state index in [2.05, 4.69) is 20.3 Å². The molecule has 1 N–H and O–H groups in total. The van der Waals surface area contributed by atoms with Gasteiger partial charge in [0.15, 0.2) is 5.82 Å². The molecule has 1 aromatic carbocycles. The van der Waals surface area contributed by atoms with Crippen LogP contribution in [0.15, 0.2) is 18.2 Å². The number of hydrogen-bond acceptors (Lipinski definition) is 5. The highest BCUT2D eigenvalue weighted by atomic mass is 19.1. The number of aromatic nitrogens is 3. The lowest BCUT2D eigenvalue weighted by molar-refractivity contribution is 0.312. The molecule has 0 amide bonds. The van der Waals surface area contributed by atoms with Crippen molar-refractivity contribution in [3.63, 3.8) is 0 Å². The Kier molecular flexibility index (Phi) is 4.97. The van der Waals surface area contributed by atoms with E-state index >= 15 is 0 Å². The van der Waals surface area contributed by atoms with Gasteiger partial charge in [0, 0.05) is 6.54 Å². The van der Waals surface area contributed by atoms with Gasteiger partial charge in [-0.1, -0.05) is 6.92 Å². The van der Waals surface area contributed by atoms with Gasteiger partial charge in [0.05, 0.1) is 12.2 Å². The summed E-state index contributed by atoms with van der Waals surface area (Å²) in [5, 5.41) is 2.98. The smallest absolute Gasteiger partial charge is 0.321 e. The van der Waals surface area contributed by atoms with Crippen LogP contribution in [0.5, 0.6) is 6.01 Å². The first-order valence-electron chi connectivity index (χ1n) is 6.72. The van der Waals surface area contributed by atoms with Crippen molar-refractivity contribution in [2.24, 2.45) is 0 Å². The molecule has 2 rings (SSSR count). The lowest BCUT2D eigenvalue weighted by atomic mass is 10.2. The lowest BCUT2D eigenvalue weighted by Gasteiger charge is -2.09. The molecule has 2 aromatic rings.